The molecule has 19 heavy (non-hydrogen) atoms. The van der Waals surface area contributed by atoms with E-state index in [1.165, 1.54) is 25.3 Å². The lowest BCUT2D eigenvalue weighted by molar-refractivity contribution is 0.0725. The molecule has 0 saturated heterocycles. The number of hydrogen-bond acceptors (Lipinski definition) is 3. The zero-order valence-electron chi connectivity index (χ0n) is 11.5. The number of aryl methyl sites for hydroxylation is 1. The topological polar surface area (TPSA) is 58.6 Å². The molecule has 0 bridgehead atoms. The predicted molar refractivity (Wildman–Crippen MR) is 70.6 cm³/mol. The first-order valence-corrected chi connectivity index (χ1v) is 6.10. The molecule has 4 nitrogen and oxygen atoms in total. The van der Waals surface area contributed by atoms with Crippen LogP contribution < -0.4 is 5.32 Å². The summed E-state index contributed by atoms with van der Waals surface area (Å²) in [5, 5.41) is 11.8. The van der Waals surface area contributed by atoms with Crippen molar-refractivity contribution in [2.75, 3.05) is 20.3 Å². The van der Waals surface area contributed by atoms with E-state index in [-0.39, 0.29) is 18.3 Å². The van der Waals surface area contributed by atoms with E-state index >= 15 is 0 Å². The second-order valence-corrected chi connectivity index (χ2v) is 4.89. The minimum absolute atomic E-state index is 0.0530. The van der Waals surface area contributed by atoms with Crippen LogP contribution in [0.5, 0.6) is 0 Å². The Morgan fingerprint density at radius 2 is 2.21 bits per heavy atom. The molecule has 1 aromatic rings. The van der Waals surface area contributed by atoms with Crippen molar-refractivity contribution in [3.05, 3.63) is 35.1 Å². The summed E-state index contributed by atoms with van der Waals surface area (Å²) >= 11 is 0. The van der Waals surface area contributed by atoms with Crippen molar-refractivity contribution >= 4 is 5.91 Å². The fourth-order valence-electron chi connectivity index (χ4n) is 1.87. The van der Waals surface area contributed by atoms with Gasteiger partial charge >= 0.3 is 0 Å². The van der Waals surface area contributed by atoms with Gasteiger partial charge in [0, 0.05) is 19.3 Å². The molecule has 0 aliphatic heterocycles. The van der Waals surface area contributed by atoms with Crippen molar-refractivity contribution in [1.29, 1.82) is 0 Å². The molecule has 0 fully saturated rings. The molecular formula is C14H20FNO3. The molecule has 5 heteroatoms. The lowest BCUT2D eigenvalue weighted by atomic mass is 9.98. The van der Waals surface area contributed by atoms with Gasteiger partial charge < -0.3 is 15.2 Å². The molecule has 0 saturated carbocycles. The van der Waals surface area contributed by atoms with Gasteiger partial charge in [0.05, 0.1) is 12.1 Å². The highest BCUT2D eigenvalue weighted by Gasteiger charge is 2.26. The molecule has 1 amide bonds. The van der Waals surface area contributed by atoms with Crippen LogP contribution >= 0.6 is 0 Å². The summed E-state index contributed by atoms with van der Waals surface area (Å²) < 4.78 is 18.2. The molecule has 1 aromatic carbocycles. The Bertz CT molecular complexity index is 442. The highest BCUT2D eigenvalue weighted by atomic mass is 19.1. The molecule has 0 aliphatic rings. The summed E-state index contributed by atoms with van der Waals surface area (Å²) in [6, 6.07) is 4.20. The van der Waals surface area contributed by atoms with Gasteiger partial charge in [-0.3, -0.25) is 4.79 Å². The summed E-state index contributed by atoms with van der Waals surface area (Å²) in [6.45, 7) is 3.64. The Hall–Kier alpha value is -1.46. The Labute approximate surface area is 112 Å². The summed E-state index contributed by atoms with van der Waals surface area (Å²) in [5.74, 6) is -0.650. The number of ether oxygens (including phenoxy) is 1. The predicted octanol–water partition coefficient (Wildman–Crippen LogP) is 1.65. The van der Waals surface area contributed by atoms with Crippen molar-refractivity contribution < 1.29 is 19.0 Å². The van der Waals surface area contributed by atoms with E-state index in [4.69, 9.17) is 9.84 Å². The quantitative estimate of drug-likeness (QED) is 0.825. The van der Waals surface area contributed by atoms with Gasteiger partial charge in [-0.1, -0.05) is 0 Å². The van der Waals surface area contributed by atoms with Gasteiger partial charge in [0.15, 0.2) is 0 Å². The summed E-state index contributed by atoms with van der Waals surface area (Å²) in [6.07, 6.45) is 0.382. The number of nitrogens with one attached hydrogen (secondary N) is 1. The maximum Gasteiger partial charge on any atom is 0.251 e. The molecule has 0 aromatic heterocycles. The van der Waals surface area contributed by atoms with Gasteiger partial charge in [0.25, 0.3) is 5.91 Å². The minimum Gasteiger partial charge on any atom is -0.396 e. The van der Waals surface area contributed by atoms with E-state index in [2.05, 4.69) is 5.32 Å². The third-order valence-corrected chi connectivity index (χ3v) is 2.96. The van der Waals surface area contributed by atoms with Crippen LogP contribution in [-0.4, -0.2) is 36.9 Å². The van der Waals surface area contributed by atoms with Crippen LogP contribution in [0.1, 0.15) is 29.3 Å². The molecule has 0 aliphatic carbocycles. The largest absolute Gasteiger partial charge is 0.396 e. The molecule has 1 atom stereocenters. The van der Waals surface area contributed by atoms with Crippen LogP contribution in [0.2, 0.25) is 0 Å². The van der Waals surface area contributed by atoms with E-state index in [1.54, 1.807) is 13.8 Å². The van der Waals surface area contributed by atoms with Gasteiger partial charge in [-0.2, -0.15) is 0 Å². The van der Waals surface area contributed by atoms with Crippen LogP contribution in [0.25, 0.3) is 0 Å². The molecule has 2 N–H and O–H groups in total. The maximum atomic E-state index is 13.2. The van der Waals surface area contributed by atoms with Crippen molar-refractivity contribution in [2.45, 2.75) is 25.8 Å². The molecule has 1 unspecified atom stereocenters. The van der Waals surface area contributed by atoms with E-state index in [1.807, 2.05) is 0 Å². The first-order chi connectivity index (χ1) is 8.91. The standard InChI is InChI=1S/C14H20FNO3/c1-10-8-11(4-5-12(10)15)13(18)16-14(2,6-7-17)9-19-3/h4-5,8,17H,6-7,9H2,1-3H3,(H,16,18). The number of halogens is 1. The zero-order valence-corrected chi connectivity index (χ0v) is 11.5. The van der Waals surface area contributed by atoms with Crippen LogP contribution in [0.3, 0.4) is 0 Å². The van der Waals surface area contributed by atoms with E-state index < -0.39 is 5.54 Å². The molecule has 0 spiro atoms. The Morgan fingerprint density at radius 3 is 2.74 bits per heavy atom. The molecular weight excluding hydrogens is 249 g/mol. The number of carbonyl (C=O) groups is 1. The number of aliphatic hydroxyl groups is 1. The summed E-state index contributed by atoms with van der Waals surface area (Å²) in [7, 11) is 1.53. The Kier molecular flexibility index (Phi) is 5.44. The van der Waals surface area contributed by atoms with Crippen molar-refractivity contribution in [1.82, 2.24) is 5.32 Å². The molecule has 1 rings (SSSR count). The van der Waals surface area contributed by atoms with Crippen LogP contribution in [-0.2, 0) is 4.74 Å². The highest BCUT2D eigenvalue weighted by Crippen LogP contribution is 2.13. The number of rotatable bonds is 6. The van der Waals surface area contributed by atoms with E-state index in [0.717, 1.165) is 0 Å². The minimum atomic E-state index is -0.650. The lowest BCUT2D eigenvalue weighted by Gasteiger charge is -2.29. The summed E-state index contributed by atoms with van der Waals surface area (Å²) in [5.41, 5.74) is 0.158. The normalized spacial score (nSPS) is 13.9. The van der Waals surface area contributed by atoms with Crippen molar-refractivity contribution in [2.24, 2.45) is 0 Å². The van der Waals surface area contributed by atoms with Gasteiger partial charge in [-0.15, -0.1) is 0 Å². The number of methoxy groups -OCH3 is 1. The number of benzene rings is 1. The average Bonchev–Trinajstić information content (AvgIpc) is 2.32. The van der Waals surface area contributed by atoms with Crippen LogP contribution in [0.4, 0.5) is 4.39 Å². The number of carbonyl (C=O) groups excluding carboxylic acids is 1. The third-order valence-electron chi connectivity index (χ3n) is 2.96. The fourth-order valence-corrected chi connectivity index (χ4v) is 1.87. The number of hydrogen-bond donors (Lipinski definition) is 2. The first-order valence-electron chi connectivity index (χ1n) is 6.10. The Balaban J connectivity index is 2.84. The van der Waals surface area contributed by atoms with E-state index in [0.29, 0.717) is 24.2 Å². The second-order valence-electron chi connectivity index (χ2n) is 4.89. The smallest absolute Gasteiger partial charge is 0.251 e. The van der Waals surface area contributed by atoms with Gasteiger partial charge in [0.1, 0.15) is 5.82 Å². The monoisotopic (exact) mass is 269 g/mol. The fraction of sp³-hybridized carbons (Fsp3) is 0.500. The second kappa shape index (κ2) is 6.63. The Morgan fingerprint density at radius 1 is 1.53 bits per heavy atom. The van der Waals surface area contributed by atoms with Crippen molar-refractivity contribution in [3.8, 4) is 0 Å². The third kappa shape index (κ3) is 4.29. The van der Waals surface area contributed by atoms with Crippen LogP contribution in [0, 0.1) is 12.7 Å². The number of amides is 1. The summed E-state index contributed by atoms with van der Waals surface area (Å²) in [4.78, 5) is 12.1. The van der Waals surface area contributed by atoms with Gasteiger partial charge in [-0.25, -0.2) is 4.39 Å². The maximum absolute atomic E-state index is 13.2. The number of aliphatic hydroxyl groups excluding tert-OH is 1. The van der Waals surface area contributed by atoms with Crippen molar-refractivity contribution in [3.63, 3.8) is 0 Å². The highest BCUT2D eigenvalue weighted by molar-refractivity contribution is 5.94. The molecule has 106 valence electrons. The SMILES string of the molecule is COCC(C)(CCO)NC(=O)c1ccc(F)c(C)c1. The van der Waals surface area contributed by atoms with Gasteiger partial charge in [-0.05, 0) is 44.0 Å². The zero-order chi connectivity index (χ0) is 14.5. The molecule has 0 heterocycles. The molecule has 0 radical (unpaired) electrons. The van der Waals surface area contributed by atoms with Gasteiger partial charge in [0.2, 0.25) is 0 Å². The average molecular weight is 269 g/mol. The van der Waals surface area contributed by atoms with Crippen LogP contribution in [0.15, 0.2) is 18.2 Å². The first kappa shape index (κ1) is 15.6. The lowest BCUT2D eigenvalue weighted by Crippen LogP contribution is -2.50. The van der Waals surface area contributed by atoms with E-state index in [9.17, 15) is 9.18 Å².